The zero-order chi connectivity index (χ0) is 17.2. The van der Waals surface area contributed by atoms with Gasteiger partial charge in [0.05, 0.1) is 12.6 Å². The number of methoxy groups -OCH3 is 1. The van der Waals surface area contributed by atoms with Crippen molar-refractivity contribution in [2.75, 3.05) is 19.0 Å². The number of carbonyl (C=O) groups is 1. The van der Waals surface area contributed by atoms with Crippen LogP contribution in [0.4, 0.5) is 5.13 Å². The Labute approximate surface area is 148 Å². The molecule has 1 N–H and O–H groups in total. The maximum absolute atomic E-state index is 12.4. The monoisotopic (exact) mass is 358 g/mol. The van der Waals surface area contributed by atoms with Gasteiger partial charge in [0, 0.05) is 18.2 Å². The van der Waals surface area contributed by atoms with Crippen molar-refractivity contribution in [3.8, 4) is 5.75 Å². The Kier molecular flexibility index (Phi) is 4.37. The second kappa shape index (κ2) is 6.81. The molecule has 4 rings (SSSR count). The number of anilines is 1. The van der Waals surface area contributed by atoms with Gasteiger partial charge in [-0.25, -0.2) is 0 Å². The van der Waals surface area contributed by atoms with Gasteiger partial charge in [0.15, 0.2) is 0 Å². The number of rotatable bonds is 5. The molecule has 0 spiro atoms. The topological polar surface area (TPSA) is 78.3 Å². The summed E-state index contributed by atoms with van der Waals surface area (Å²) in [6, 6.07) is 7.72. The van der Waals surface area contributed by atoms with E-state index in [9.17, 15) is 4.79 Å². The summed E-state index contributed by atoms with van der Waals surface area (Å²) in [7, 11) is 1.64. The number of ether oxygens (including phenoxy) is 2. The van der Waals surface area contributed by atoms with Crippen LogP contribution in [0, 0.1) is 0 Å². The summed E-state index contributed by atoms with van der Waals surface area (Å²) in [5.74, 6) is 0.650. The normalized spacial score (nSPS) is 17.1. The second-order valence-corrected chi connectivity index (χ2v) is 6.84. The number of carbonyl (C=O) groups excluding carboxylic acids is 1. The molecule has 7 nitrogen and oxygen atoms in total. The van der Waals surface area contributed by atoms with Gasteiger partial charge < -0.3 is 14.0 Å². The highest BCUT2D eigenvalue weighted by Gasteiger charge is 2.22. The Balaban J connectivity index is 1.46. The fourth-order valence-corrected chi connectivity index (χ4v) is 3.86. The SMILES string of the molecule is COc1cccc2c1ccn2CC(=O)Nc1nnc(C2CCCO2)s1. The maximum atomic E-state index is 12.4. The zero-order valence-electron chi connectivity index (χ0n) is 13.8. The summed E-state index contributed by atoms with van der Waals surface area (Å²) in [5.41, 5.74) is 0.951. The van der Waals surface area contributed by atoms with Gasteiger partial charge in [-0.3, -0.25) is 10.1 Å². The van der Waals surface area contributed by atoms with Crippen LogP contribution in [0.25, 0.3) is 10.9 Å². The molecule has 1 aliphatic heterocycles. The molecule has 0 bridgehead atoms. The summed E-state index contributed by atoms with van der Waals surface area (Å²) in [6.07, 6.45) is 3.89. The van der Waals surface area contributed by atoms with Gasteiger partial charge in [0.2, 0.25) is 11.0 Å². The minimum atomic E-state index is -0.143. The molecule has 3 aromatic rings. The lowest BCUT2D eigenvalue weighted by atomic mass is 10.2. The second-order valence-electron chi connectivity index (χ2n) is 5.83. The molecule has 3 heterocycles. The van der Waals surface area contributed by atoms with Crippen molar-refractivity contribution in [3.05, 3.63) is 35.5 Å². The number of amides is 1. The lowest BCUT2D eigenvalue weighted by Gasteiger charge is -2.06. The van der Waals surface area contributed by atoms with Crippen LogP contribution in [0.2, 0.25) is 0 Å². The van der Waals surface area contributed by atoms with E-state index < -0.39 is 0 Å². The molecule has 1 amide bonds. The van der Waals surface area contributed by atoms with Crippen molar-refractivity contribution in [2.24, 2.45) is 0 Å². The van der Waals surface area contributed by atoms with Gasteiger partial charge in [-0.05, 0) is 31.0 Å². The van der Waals surface area contributed by atoms with Gasteiger partial charge in [-0.2, -0.15) is 0 Å². The van der Waals surface area contributed by atoms with Crippen molar-refractivity contribution in [1.29, 1.82) is 0 Å². The molecule has 1 unspecified atom stereocenters. The molecule has 1 atom stereocenters. The summed E-state index contributed by atoms with van der Waals surface area (Å²) in [5, 5.41) is 13.3. The van der Waals surface area contributed by atoms with E-state index in [4.69, 9.17) is 9.47 Å². The first kappa shape index (κ1) is 16.0. The third-order valence-electron chi connectivity index (χ3n) is 4.20. The third kappa shape index (κ3) is 3.22. The maximum Gasteiger partial charge on any atom is 0.246 e. The van der Waals surface area contributed by atoms with Gasteiger partial charge in [0.1, 0.15) is 23.4 Å². The number of hydrogen-bond donors (Lipinski definition) is 1. The van der Waals surface area contributed by atoms with E-state index in [-0.39, 0.29) is 18.6 Å². The zero-order valence-corrected chi connectivity index (χ0v) is 14.6. The molecular weight excluding hydrogens is 340 g/mol. The van der Waals surface area contributed by atoms with Gasteiger partial charge in [-0.1, -0.05) is 17.4 Å². The van der Waals surface area contributed by atoms with Crippen LogP contribution in [0.5, 0.6) is 5.75 Å². The lowest BCUT2D eigenvalue weighted by molar-refractivity contribution is -0.116. The summed E-state index contributed by atoms with van der Waals surface area (Å²) in [4.78, 5) is 12.4. The van der Waals surface area contributed by atoms with Crippen molar-refractivity contribution in [3.63, 3.8) is 0 Å². The number of aromatic nitrogens is 3. The smallest absolute Gasteiger partial charge is 0.246 e. The average Bonchev–Trinajstić information content (AvgIpc) is 3.35. The summed E-state index contributed by atoms with van der Waals surface area (Å²) >= 11 is 1.37. The number of hydrogen-bond acceptors (Lipinski definition) is 6. The Morgan fingerprint density at radius 3 is 3.16 bits per heavy atom. The molecule has 8 heteroatoms. The molecule has 0 aliphatic carbocycles. The van der Waals surface area contributed by atoms with Crippen LogP contribution >= 0.6 is 11.3 Å². The Morgan fingerprint density at radius 1 is 1.44 bits per heavy atom. The van der Waals surface area contributed by atoms with Gasteiger partial charge in [-0.15, -0.1) is 10.2 Å². The van der Waals surface area contributed by atoms with Crippen LogP contribution < -0.4 is 10.1 Å². The largest absolute Gasteiger partial charge is 0.496 e. The van der Waals surface area contributed by atoms with Crippen LogP contribution in [0.1, 0.15) is 24.0 Å². The third-order valence-corrected chi connectivity index (χ3v) is 5.13. The van der Waals surface area contributed by atoms with Crippen molar-refractivity contribution < 1.29 is 14.3 Å². The molecule has 130 valence electrons. The highest BCUT2D eigenvalue weighted by molar-refractivity contribution is 7.15. The molecule has 0 radical (unpaired) electrons. The first-order chi connectivity index (χ1) is 12.2. The van der Waals surface area contributed by atoms with E-state index in [0.29, 0.717) is 5.13 Å². The quantitative estimate of drug-likeness (QED) is 0.759. The molecule has 1 fully saturated rings. The highest BCUT2D eigenvalue weighted by atomic mass is 32.1. The minimum Gasteiger partial charge on any atom is -0.496 e. The lowest BCUT2D eigenvalue weighted by Crippen LogP contribution is -2.18. The fraction of sp³-hybridized carbons (Fsp3) is 0.353. The standard InChI is InChI=1S/C17H18N4O3S/c1-23-13-5-2-4-12-11(13)7-8-21(12)10-15(22)18-17-20-19-16(25-17)14-6-3-9-24-14/h2,4-5,7-8,14H,3,6,9-10H2,1H3,(H,18,20,22). The molecule has 1 aromatic carbocycles. The molecule has 1 aliphatic rings. The Morgan fingerprint density at radius 2 is 2.36 bits per heavy atom. The van der Waals surface area contributed by atoms with Crippen molar-refractivity contribution >= 4 is 33.3 Å². The van der Waals surface area contributed by atoms with E-state index in [1.54, 1.807) is 7.11 Å². The molecule has 25 heavy (non-hydrogen) atoms. The van der Waals surface area contributed by atoms with E-state index in [2.05, 4.69) is 15.5 Å². The molecule has 2 aromatic heterocycles. The van der Waals surface area contributed by atoms with E-state index >= 15 is 0 Å². The number of nitrogens with one attached hydrogen (secondary N) is 1. The Hall–Kier alpha value is -2.45. The minimum absolute atomic E-state index is 0.0176. The van der Waals surface area contributed by atoms with Crippen molar-refractivity contribution in [1.82, 2.24) is 14.8 Å². The number of nitrogens with zero attached hydrogens (tertiary/aromatic N) is 3. The molecular formula is C17H18N4O3S. The molecule has 0 saturated carbocycles. The average molecular weight is 358 g/mol. The van der Waals surface area contributed by atoms with Crippen molar-refractivity contribution in [2.45, 2.75) is 25.5 Å². The Bertz CT molecular complexity index is 898. The van der Waals surface area contributed by atoms with Crippen LogP contribution in [-0.2, 0) is 16.1 Å². The number of benzene rings is 1. The first-order valence-corrected chi connectivity index (χ1v) is 8.93. The van der Waals surface area contributed by atoms with E-state index in [1.807, 2.05) is 35.0 Å². The summed E-state index contributed by atoms with van der Waals surface area (Å²) < 4.78 is 12.8. The van der Waals surface area contributed by atoms with Crippen LogP contribution in [0.3, 0.4) is 0 Å². The predicted molar refractivity (Wildman–Crippen MR) is 95.0 cm³/mol. The van der Waals surface area contributed by atoms with Crippen LogP contribution in [0.15, 0.2) is 30.5 Å². The van der Waals surface area contributed by atoms with E-state index in [1.165, 1.54) is 11.3 Å². The fourth-order valence-electron chi connectivity index (χ4n) is 3.01. The van der Waals surface area contributed by atoms with Gasteiger partial charge >= 0.3 is 0 Å². The highest BCUT2D eigenvalue weighted by Crippen LogP contribution is 2.32. The van der Waals surface area contributed by atoms with Crippen LogP contribution in [-0.4, -0.2) is 34.4 Å². The predicted octanol–water partition coefficient (Wildman–Crippen LogP) is 2.99. The summed E-state index contributed by atoms with van der Waals surface area (Å²) in [6.45, 7) is 0.960. The first-order valence-electron chi connectivity index (χ1n) is 8.11. The van der Waals surface area contributed by atoms with Gasteiger partial charge in [0.25, 0.3) is 0 Å². The number of fused-ring (bicyclic) bond motifs is 1. The van der Waals surface area contributed by atoms with E-state index in [0.717, 1.165) is 41.1 Å². The molecule has 1 saturated heterocycles.